The number of aromatic nitrogens is 1. The lowest BCUT2D eigenvalue weighted by atomic mass is 9.90. The van der Waals surface area contributed by atoms with E-state index in [-0.39, 0.29) is 17.5 Å². The molecule has 0 aliphatic carbocycles. The van der Waals surface area contributed by atoms with Gasteiger partial charge in [-0.1, -0.05) is 27.2 Å². The molecule has 0 aromatic carbocycles. The van der Waals surface area contributed by atoms with Gasteiger partial charge in [0.05, 0.1) is 25.9 Å². The Bertz CT molecular complexity index is 575. The summed E-state index contributed by atoms with van der Waals surface area (Å²) in [6.07, 6.45) is 3.46. The van der Waals surface area contributed by atoms with Gasteiger partial charge in [0.15, 0.2) is 0 Å². The summed E-state index contributed by atoms with van der Waals surface area (Å²) in [4.78, 5) is 17.1. The van der Waals surface area contributed by atoms with E-state index in [1.165, 1.54) is 0 Å². The monoisotopic (exact) mass is 337 g/mol. The molecule has 7 heteroatoms. The predicted octanol–water partition coefficient (Wildman–Crippen LogP) is 2.96. The van der Waals surface area contributed by atoms with E-state index in [1.54, 1.807) is 6.20 Å². The highest BCUT2D eigenvalue weighted by Crippen LogP contribution is 2.38. The second-order valence-corrected chi connectivity index (χ2v) is 5.97. The summed E-state index contributed by atoms with van der Waals surface area (Å²) in [5.41, 5.74) is 1.28. The van der Waals surface area contributed by atoms with Crippen LogP contribution < -0.4 is 4.90 Å². The highest BCUT2D eigenvalue weighted by atomic mass is 16.6. The minimum Gasteiger partial charge on any atom is -0.375 e. The number of morpholine rings is 1. The number of nitrogens with zero attached hydrogens (tertiary/aromatic N) is 3. The highest BCUT2D eigenvalue weighted by Gasteiger charge is 2.50. The molecule has 2 fully saturated rings. The van der Waals surface area contributed by atoms with Crippen LogP contribution in [0.25, 0.3) is 0 Å². The van der Waals surface area contributed by atoms with Crippen molar-refractivity contribution in [3.05, 3.63) is 27.9 Å². The molecule has 24 heavy (non-hydrogen) atoms. The molecule has 0 N–H and O–H groups in total. The molecule has 1 atom stereocenters. The molecule has 1 aromatic heterocycles. The van der Waals surface area contributed by atoms with Crippen molar-refractivity contribution in [3.8, 4) is 0 Å². The Morgan fingerprint density at radius 2 is 2.17 bits per heavy atom. The first-order valence-corrected chi connectivity index (χ1v) is 8.69. The zero-order valence-corrected chi connectivity index (χ0v) is 14.9. The van der Waals surface area contributed by atoms with E-state index < -0.39 is 4.92 Å². The first-order valence-electron chi connectivity index (χ1n) is 8.69. The van der Waals surface area contributed by atoms with E-state index in [4.69, 9.17) is 9.47 Å². The summed E-state index contributed by atoms with van der Waals surface area (Å²) in [5.74, 6) is -0.0796. The molecular formula is C17H27N3O4. The number of anilines is 1. The van der Waals surface area contributed by atoms with Gasteiger partial charge < -0.3 is 24.5 Å². The van der Waals surface area contributed by atoms with Crippen molar-refractivity contribution >= 4 is 11.5 Å². The molecule has 0 radical (unpaired) electrons. The number of hydrogen-bond acceptors (Lipinski definition) is 6. The van der Waals surface area contributed by atoms with Crippen molar-refractivity contribution in [1.29, 1.82) is 0 Å². The Labute approximate surface area is 143 Å². The van der Waals surface area contributed by atoms with Crippen LogP contribution in [0, 0.1) is 10.1 Å². The normalized spacial score (nSPS) is 21.7. The van der Waals surface area contributed by atoms with Crippen LogP contribution in [0.2, 0.25) is 0 Å². The lowest BCUT2D eigenvalue weighted by molar-refractivity contribution is -0.388. The number of ether oxygens (including phenoxy) is 2. The average Bonchev–Trinajstić information content (AvgIpc) is 2.55. The van der Waals surface area contributed by atoms with Crippen LogP contribution in [0.5, 0.6) is 0 Å². The summed E-state index contributed by atoms with van der Waals surface area (Å²) >= 11 is 0. The second kappa shape index (κ2) is 7.90. The smallest absolute Gasteiger partial charge is 0.375 e. The van der Waals surface area contributed by atoms with E-state index in [1.807, 2.05) is 26.8 Å². The summed E-state index contributed by atoms with van der Waals surface area (Å²) < 4.78 is 11.2. The molecule has 0 saturated carbocycles. The Kier molecular flexibility index (Phi) is 6.12. The topological polar surface area (TPSA) is 77.7 Å². The molecule has 1 unspecified atom stereocenters. The second-order valence-electron chi connectivity index (χ2n) is 5.97. The van der Waals surface area contributed by atoms with Gasteiger partial charge in [-0.05, 0) is 34.9 Å². The lowest BCUT2D eigenvalue weighted by Gasteiger charge is -2.53. The molecule has 0 amide bonds. The van der Waals surface area contributed by atoms with Crippen LogP contribution in [0.15, 0.2) is 12.3 Å². The van der Waals surface area contributed by atoms with Crippen molar-refractivity contribution < 1.29 is 14.4 Å². The first kappa shape index (κ1) is 18.6. The van der Waals surface area contributed by atoms with Crippen LogP contribution in [0.1, 0.15) is 39.7 Å². The van der Waals surface area contributed by atoms with Crippen molar-refractivity contribution in [2.75, 3.05) is 31.3 Å². The number of aryl methyl sites for hydroxylation is 1. The predicted molar refractivity (Wildman–Crippen MR) is 92.5 cm³/mol. The highest BCUT2D eigenvalue weighted by molar-refractivity contribution is 5.62. The zero-order chi connectivity index (χ0) is 17.7. The Balaban J connectivity index is 0.00000100. The SMILES string of the molecule is CC.CCCc1cnc([N+](=O)[O-])c(N2CCOC3(COC3)C2C)c1. The number of rotatable bonds is 4. The van der Waals surface area contributed by atoms with Crippen LogP contribution in [0.3, 0.4) is 0 Å². The van der Waals surface area contributed by atoms with Crippen molar-refractivity contribution in [2.45, 2.75) is 52.2 Å². The maximum atomic E-state index is 11.3. The van der Waals surface area contributed by atoms with E-state index in [0.717, 1.165) is 18.4 Å². The van der Waals surface area contributed by atoms with Gasteiger partial charge in [0, 0.05) is 6.54 Å². The van der Waals surface area contributed by atoms with Crippen LogP contribution in [-0.4, -0.2) is 47.9 Å². The number of hydrogen-bond donors (Lipinski definition) is 0. The van der Waals surface area contributed by atoms with E-state index in [9.17, 15) is 10.1 Å². The molecule has 2 aliphatic heterocycles. The van der Waals surface area contributed by atoms with Gasteiger partial charge in [0.1, 0.15) is 17.5 Å². The molecule has 7 nitrogen and oxygen atoms in total. The molecule has 3 heterocycles. The standard InChI is InChI=1S/C15H21N3O4.C2H6/c1-3-4-12-7-13(14(16-8-12)18(19)20)17-5-6-22-15(11(17)2)9-21-10-15;1-2/h7-8,11H,3-6,9-10H2,1-2H3;1-2H3. The van der Waals surface area contributed by atoms with Crippen molar-refractivity contribution in [1.82, 2.24) is 4.98 Å². The third-order valence-corrected chi connectivity index (χ3v) is 4.57. The van der Waals surface area contributed by atoms with Gasteiger partial charge in [-0.3, -0.25) is 0 Å². The van der Waals surface area contributed by atoms with E-state index in [2.05, 4.69) is 16.8 Å². The molecule has 1 aromatic rings. The maximum Gasteiger partial charge on any atom is 0.387 e. The quantitative estimate of drug-likeness (QED) is 0.621. The number of pyridine rings is 1. The Morgan fingerprint density at radius 1 is 1.46 bits per heavy atom. The molecule has 2 aliphatic rings. The minimum absolute atomic E-state index is 0.0207. The molecule has 0 bridgehead atoms. The summed E-state index contributed by atoms with van der Waals surface area (Å²) in [7, 11) is 0. The fourth-order valence-corrected chi connectivity index (χ4v) is 3.17. The number of nitro groups is 1. The average molecular weight is 337 g/mol. The van der Waals surface area contributed by atoms with Gasteiger partial charge in [-0.2, -0.15) is 0 Å². The summed E-state index contributed by atoms with van der Waals surface area (Å²) in [6, 6.07) is 1.93. The lowest BCUT2D eigenvalue weighted by Crippen LogP contribution is -2.68. The Morgan fingerprint density at radius 3 is 2.71 bits per heavy atom. The third kappa shape index (κ3) is 3.37. The van der Waals surface area contributed by atoms with Gasteiger partial charge in [-0.25, -0.2) is 0 Å². The fraction of sp³-hybridized carbons (Fsp3) is 0.706. The molecule has 3 rings (SSSR count). The van der Waals surface area contributed by atoms with E-state index >= 15 is 0 Å². The molecular weight excluding hydrogens is 310 g/mol. The minimum atomic E-state index is -0.406. The summed E-state index contributed by atoms with van der Waals surface area (Å²) in [5, 5.41) is 11.3. The van der Waals surface area contributed by atoms with Crippen LogP contribution in [-0.2, 0) is 15.9 Å². The first-order chi connectivity index (χ1) is 11.6. The zero-order valence-electron chi connectivity index (χ0n) is 14.9. The molecule has 1 spiro atoms. The van der Waals surface area contributed by atoms with Crippen molar-refractivity contribution in [2.24, 2.45) is 0 Å². The fourth-order valence-electron chi connectivity index (χ4n) is 3.17. The van der Waals surface area contributed by atoms with Gasteiger partial charge >= 0.3 is 5.82 Å². The van der Waals surface area contributed by atoms with Gasteiger partial charge in [0.2, 0.25) is 0 Å². The van der Waals surface area contributed by atoms with Crippen molar-refractivity contribution in [3.63, 3.8) is 0 Å². The molecule has 134 valence electrons. The van der Waals surface area contributed by atoms with Crippen LogP contribution >= 0.6 is 0 Å². The molecule has 2 saturated heterocycles. The van der Waals surface area contributed by atoms with Crippen LogP contribution in [0.4, 0.5) is 11.5 Å². The maximum absolute atomic E-state index is 11.3. The van der Waals surface area contributed by atoms with Gasteiger partial charge in [0.25, 0.3) is 0 Å². The summed E-state index contributed by atoms with van der Waals surface area (Å²) in [6.45, 7) is 10.4. The third-order valence-electron chi connectivity index (χ3n) is 4.57. The largest absolute Gasteiger partial charge is 0.387 e. The van der Waals surface area contributed by atoms with E-state index in [0.29, 0.717) is 32.1 Å². The Hall–Kier alpha value is -1.73. The van der Waals surface area contributed by atoms with Gasteiger partial charge in [-0.15, -0.1) is 0 Å².